The molecule has 0 aliphatic carbocycles. The number of rotatable bonds is 7. The van der Waals surface area contributed by atoms with Gasteiger partial charge in [0, 0.05) is 12.1 Å². The van der Waals surface area contributed by atoms with Crippen molar-refractivity contribution in [2.24, 2.45) is 0 Å². The molecule has 2 aromatic carbocycles. The summed E-state index contributed by atoms with van der Waals surface area (Å²) in [7, 11) is 0. The minimum Gasteiger partial charge on any atom is -0.383 e. The van der Waals surface area contributed by atoms with Crippen molar-refractivity contribution in [2.75, 3.05) is 10.6 Å². The minimum absolute atomic E-state index is 0.0233. The van der Waals surface area contributed by atoms with Crippen LogP contribution in [0.5, 0.6) is 0 Å². The number of anilines is 2. The first kappa shape index (κ1) is 21.0. The molecule has 0 aliphatic rings. The van der Waals surface area contributed by atoms with Gasteiger partial charge >= 0.3 is 5.69 Å². The van der Waals surface area contributed by atoms with Gasteiger partial charge in [-0.05, 0) is 30.2 Å². The number of aromatic amines is 1. The van der Waals surface area contributed by atoms with E-state index in [1.54, 1.807) is 24.3 Å². The van der Waals surface area contributed by atoms with Crippen molar-refractivity contribution in [1.29, 1.82) is 0 Å². The maximum atomic E-state index is 13.7. The molecule has 0 aliphatic heterocycles. The number of nitrogens with two attached hydrogens (primary N) is 1. The average Bonchev–Trinajstić information content (AvgIpc) is 2.73. The summed E-state index contributed by atoms with van der Waals surface area (Å²) in [6.45, 7) is 2.29. The second kappa shape index (κ2) is 9.21. The molecule has 7 nitrogen and oxygen atoms in total. The van der Waals surface area contributed by atoms with Crippen LogP contribution in [0.15, 0.2) is 64.2 Å². The van der Waals surface area contributed by atoms with E-state index in [4.69, 9.17) is 5.73 Å². The zero-order valence-corrected chi connectivity index (χ0v) is 16.6. The zero-order chi connectivity index (χ0) is 21.7. The molecule has 0 radical (unpaired) electrons. The number of hydrogen-bond donors (Lipinski definition) is 2. The molecule has 0 saturated carbocycles. The van der Waals surface area contributed by atoms with E-state index in [9.17, 15) is 18.8 Å². The van der Waals surface area contributed by atoms with Crippen molar-refractivity contribution < 1.29 is 9.18 Å². The van der Waals surface area contributed by atoms with Gasteiger partial charge in [-0.3, -0.25) is 24.0 Å². The fourth-order valence-corrected chi connectivity index (χ4v) is 3.17. The highest BCUT2D eigenvalue weighted by Crippen LogP contribution is 2.22. The summed E-state index contributed by atoms with van der Waals surface area (Å²) in [5, 5.41) is 0. The molecule has 3 N–H and O–H groups in total. The first-order valence-corrected chi connectivity index (χ1v) is 9.66. The van der Waals surface area contributed by atoms with Crippen LogP contribution in [-0.2, 0) is 13.1 Å². The van der Waals surface area contributed by atoms with E-state index < -0.39 is 23.0 Å². The summed E-state index contributed by atoms with van der Waals surface area (Å²) in [6.07, 6.45) is 1.49. The van der Waals surface area contributed by atoms with Crippen molar-refractivity contribution in [3.63, 3.8) is 0 Å². The Labute approximate surface area is 172 Å². The lowest BCUT2D eigenvalue weighted by atomic mass is 10.1. The predicted octanol–water partition coefficient (Wildman–Crippen LogP) is 2.91. The Kier molecular flexibility index (Phi) is 6.46. The highest BCUT2D eigenvalue weighted by atomic mass is 19.1. The molecule has 0 fully saturated rings. The van der Waals surface area contributed by atoms with Crippen LogP contribution in [0.25, 0.3) is 0 Å². The molecule has 30 heavy (non-hydrogen) atoms. The normalized spacial score (nSPS) is 10.7. The highest BCUT2D eigenvalue weighted by Gasteiger charge is 2.25. The van der Waals surface area contributed by atoms with E-state index in [0.29, 0.717) is 13.0 Å². The highest BCUT2D eigenvalue weighted by molar-refractivity contribution is 6.07. The smallest absolute Gasteiger partial charge is 0.330 e. The van der Waals surface area contributed by atoms with Gasteiger partial charge in [0.05, 0.1) is 6.54 Å². The van der Waals surface area contributed by atoms with E-state index >= 15 is 0 Å². The Hall–Kier alpha value is -3.68. The topological polar surface area (TPSA) is 101 Å². The Bertz CT molecular complexity index is 1160. The molecule has 8 heteroatoms. The minimum atomic E-state index is -0.772. The van der Waals surface area contributed by atoms with Crippen LogP contribution in [0.3, 0.4) is 0 Å². The van der Waals surface area contributed by atoms with Gasteiger partial charge < -0.3 is 5.73 Å². The second-order valence-electron chi connectivity index (χ2n) is 6.89. The number of carbonyl (C=O) groups is 1. The van der Waals surface area contributed by atoms with Gasteiger partial charge in [-0.15, -0.1) is 0 Å². The average molecular weight is 410 g/mol. The van der Waals surface area contributed by atoms with E-state index in [1.807, 2.05) is 13.0 Å². The third-order valence-electron chi connectivity index (χ3n) is 4.72. The van der Waals surface area contributed by atoms with Crippen LogP contribution in [0.1, 0.15) is 35.7 Å². The number of nitrogens with zero attached hydrogens (tertiary/aromatic N) is 2. The van der Waals surface area contributed by atoms with Crippen LogP contribution in [-0.4, -0.2) is 15.5 Å². The molecule has 3 rings (SSSR count). The first-order chi connectivity index (χ1) is 14.4. The molecule has 0 atom stereocenters. The van der Waals surface area contributed by atoms with Crippen molar-refractivity contribution in [3.05, 3.63) is 92.4 Å². The lowest BCUT2D eigenvalue weighted by molar-refractivity contribution is 0.0984. The van der Waals surface area contributed by atoms with Crippen LogP contribution < -0.4 is 21.9 Å². The summed E-state index contributed by atoms with van der Waals surface area (Å²) in [6, 6.07) is 14.2. The number of halogens is 1. The number of carbonyl (C=O) groups excluding carboxylic acids is 1. The molecule has 1 aromatic heterocycles. The van der Waals surface area contributed by atoms with Gasteiger partial charge in [0.1, 0.15) is 11.6 Å². The molecule has 0 bridgehead atoms. The Morgan fingerprint density at radius 3 is 2.53 bits per heavy atom. The van der Waals surface area contributed by atoms with Gasteiger partial charge in [-0.25, -0.2) is 9.18 Å². The van der Waals surface area contributed by atoms with Gasteiger partial charge in [-0.1, -0.05) is 49.7 Å². The fourth-order valence-electron chi connectivity index (χ4n) is 3.17. The number of nitrogens with one attached hydrogen (secondary N) is 1. The number of unbranched alkanes of at least 4 members (excludes halogenated alkanes) is 1. The molecule has 156 valence electrons. The van der Waals surface area contributed by atoms with Crippen LogP contribution in [0.4, 0.5) is 15.9 Å². The van der Waals surface area contributed by atoms with E-state index in [1.165, 1.54) is 27.7 Å². The van der Waals surface area contributed by atoms with E-state index in [-0.39, 0.29) is 23.6 Å². The van der Waals surface area contributed by atoms with Gasteiger partial charge in [0.25, 0.3) is 11.5 Å². The third-order valence-corrected chi connectivity index (χ3v) is 4.72. The summed E-state index contributed by atoms with van der Waals surface area (Å²) in [4.78, 5) is 41.7. The summed E-state index contributed by atoms with van der Waals surface area (Å²) in [5.74, 6) is -1.27. The molecule has 1 heterocycles. The summed E-state index contributed by atoms with van der Waals surface area (Å²) >= 11 is 0. The van der Waals surface area contributed by atoms with Crippen LogP contribution in [0.2, 0.25) is 0 Å². The van der Waals surface area contributed by atoms with Gasteiger partial charge in [-0.2, -0.15) is 0 Å². The van der Waals surface area contributed by atoms with Gasteiger partial charge in [0.2, 0.25) is 0 Å². The molecule has 0 spiro atoms. The summed E-state index contributed by atoms with van der Waals surface area (Å²) in [5.41, 5.74) is 5.47. The first-order valence-electron chi connectivity index (χ1n) is 9.66. The lowest BCUT2D eigenvalue weighted by Gasteiger charge is -2.25. The molecular formula is C22H23FN4O3. The number of benzene rings is 2. The molecular weight excluding hydrogens is 387 g/mol. The number of nitrogen functional groups attached to an aromatic ring is 1. The quantitative estimate of drug-likeness (QED) is 0.625. The standard InChI is InChI=1S/C22H23FN4O3/c1-2-3-12-26-19(24)18(20(28)25-22(26)30)27(14-15-8-5-4-6-9-15)21(29)16-10-7-11-17(23)13-16/h4-11,13H,2-3,12,14,24H2,1H3,(H,25,28,30). The van der Waals surface area contributed by atoms with Crippen molar-refractivity contribution in [2.45, 2.75) is 32.9 Å². The number of amides is 1. The van der Waals surface area contributed by atoms with Crippen molar-refractivity contribution >= 4 is 17.4 Å². The Balaban J connectivity index is 2.16. The predicted molar refractivity (Wildman–Crippen MR) is 114 cm³/mol. The zero-order valence-electron chi connectivity index (χ0n) is 16.6. The fraction of sp³-hybridized carbons (Fsp3) is 0.227. The second-order valence-corrected chi connectivity index (χ2v) is 6.89. The number of hydrogen-bond acceptors (Lipinski definition) is 4. The maximum absolute atomic E-state index is 13.7. The molecule has 3 aromatic rings. The monoisotopic (exact) mass is 410 g/mol. The number of H-pyrrole nitrogens is 1. The SMILES string of the molecule is CCCCn1c(N)c(N(Cc2ccccc2)C(=O)c2cccc(F)c2)c(=O)[nH]c1=O. The van der Waals surface area contributed by atoms with Crippen molar-refractivity contribution in [1.82, 2.24) is 9.55 Å². The maximum Gasteiger partial charge on any atom is 0.330 e. The molecule has 0 unspecified atom stereocenters. The van der Waals surface area contributed by atoms with E-state index in [0.717, 1.165) is 18.1 Å². The molecule has 1 amide bonds. The van der Waals surface area contributed by atoms with Crippen LogP contribution >= 0.6 is 0 Å². The Morgan fingerprint density at radius 1 is 1.13 bits per heavy atom. The number of aromatic nitrogens is 2. The summed E-state index contributed by atoms with van der Waals surface area (Å²) < 4.78 is 15.0. The third kappa shape index (κ3) is 4.48. The lowest BCUT2D eigenvalue weighted by Crippen LogP contribution is -2.41. The molecule has 0 saturated heterocycles. The largest absolute Gasteiger partial charge is 0.383 e. The van der Waals surface area contributed by atoms with Crippen molar-refractivity contribution in [3.8, 4) is 0 Å². The van der Waals surface area contributed by atoms with Gasteiger partial charge in [0.15, 0.2) is 5.69 Å². The van der Waals surface area contributed by atoms with E-state index in [2.05, 4.69) is 4.98 Å². The van der Waals surface area contributed by atoms with Crippen LogP contribution in [0, 0.1) is 5.82 Å². The Morgan fingerprint density at radius 2 is 1.87 bits per heavy atom.